The van der Waals surface area contributed by atoms with Crippen LogP contribution >= 0.6 is 0 Å². The quantitative estimate of drug-likeness (QED) is 0.878. The van der Waals surface area contributed by atoms with Gasteiger partial charge in [-0.25, -0.2) is 13.1 Å². The van der Waals surface area contributed by atoms with Crippen molar-refractivity contribution >= 4 is 10.0 Å². The van der Waals surface area contributed by atoms with E-state index in [9.17, 15) is 8.42 Å². The van der Waals surface area contributed by atoms with E-state index < -0.39 is 10.0 Å². The fourth-order valence-electron chi connectivity index (χ4n) is 1.47. The normalized spacial score (nSPS) is 11.6. The molecule has 0 unspecified atom stereocenters. The fourth-order valence-corrected chi connectivity index (χ4v) is 2.61. The van der Waals surface area contributed by atoms with E-state index in [1.54, 1.807) is 7.05 Å². The summed E-state index contributed by atoms with van der Waals surface area (Å²) in [6, 6.07) is 10.8. The van der Waals surface area contributed by atoms with Gasteiger partial charge in [-0.15, -0.1) is 0 Å². The predicted octanol–water partition coefficient (Wildman–Crippen LogP) is 0.899. The zero-order chi connectivity index (χ0) is 12.3. The Kier molecular flexibility index (Phi) is 3.26. The largest absolute Gasteiger partial charge is 0.258 e. The SMILES string of the molecule is Cn1nccc1S(=O)(=O)NCc1ccccc1. The number of aryl methyl sites for hydroxylation is 1. The van der Waals surface area contributed by atoms with Crippen molar-refractivity contribution < 1.29 is 8.42 Å². The molecule has 6 heteroatoms. The molecule has 1 aromatic heterocycles. The summed E-state index contributed by atoms with van der Waals surface area (Å²) >= 11 is 0. The van der Waals surface area contributed by atoms with Crippen LogP contribution in [-0.2, 0) is 23.6 Å². The molecule has 1 aromatic carbocycles. The second-order valence-electron chi connectivity index (χ2n) is 3.60. The minimum Gasteiger partial charge on any atom is -0.256 e. The van der Waals surface area contributed by atoms with Gasteiger partial charge in [-0.3, -0.25) is 4.68 Å². The van der Waals surface area contributed by atoms with Crippen molar-refractivity contribution in [1.82, 2.24) is 14.5 Å². The summed E-state index contributed by atoms with van der Waals surface area (Å²) in [6.07, 6.45) is 1.46. The van der Waals surface area contributed by atoms with E-state index in [0.717, 1.165) is 5.56 Å². The predicted molar refractivity (Wildman–Crippen MR) is 63.7 cm³/mol. The van der Waals surface area contributed by atoms with Crippen LogP contribution < -0.4 is 4.72 Å². The number of nitrogens with one attached hydrogen (secondary N) is 1. The summed E-state index contributed by atoms with van der Waals surface area (Å²) in [5.74, 6) is 0. The molecule has 5 nitrogen and oxygen atoms in total. The molecular formula is C11H13N3O2S. The summed E-state index contributed by atoms with van der Waals surface area (Å²) in [7, 11) is -1.90. The summed E-state index contributed by atoms with van der Waals surface area (Å²) in [4.78, 5) is 0. The van der Waals surface area contributed by atoms with Crippen molar-refractivity contribution in [1.29, 1.82) is 0 Å². The third-order valence-corrected chi connectivity index (χ3v) is 3.84. The van der Waals surface area contributed by atoms with Gasteiger partial charge >= 0.3 is 0 Å². The molecular weight excluding hydrogens is 238 g/mol. The van der Waals surface area contributed by atoms with E-state index in [-0.39, 0.29) is 11.6 Å². The first kappa shape index (κ1) is 11.8. The Morgan fingerprint density at radius 2 is 1.94 bits per heavy atom. The molecule has 0 spiro atoms. The first-order chi connectivity index (χ1) is 8.09. The lowest BCUT2D eigenvalue weighted by Crippen LogP contribution is -2.25. The fraction of sp³-hybridized carbons (Fsp3) is 0.182. The molecule has 17 heavy (non-hydrogen) atoms. The van der Waals surface area contributed by atoms with Crippen molar-refractivity contribution in [2.24, 2.45) is 7.05 Å². The van der Waals surface area contributed by atoms with Gasteiger partial charge in [0.05, 0.1) is 6.20 Å². The lowest BCUT2D eigenvalue weighted by molar-refractivity contribution is 0.563. The molecule has 0 bridgehead atoms. The molecule has 0 aliphatic heterocycles. The van der Waals surface area contributed by atoms with Gasteiger partial charge in [0.1, 0.15) is 0 Å². The standard InChI is InChI=1S/C11H13N3O2S/c1-14-11(7-8-12-14)17(15,16)13-9-10-5-3-2-4-6-10/h2-8,13H,9H2,1H3. The molecule has 0 atom stereocenters. The molecule has 90 valence electrons. The van der Waals surface area contributed by atoms with Crippen LogP contribution in [0.4, 0.5) is 0 Å². The Morgan fingerprint density at radius 1 is 1.24 bits per heavy atom. The Balaban J connectivity index is 2.12. The van der Waals surface area contributed by atoms with Crippen LogP contribution in [-0.4, -0.2) is 18.2 Å². The highest BCUT2D eigenvalue weighted by Crippen LogP contribution is 2.07. The Labute approximate surface area is 100 Å². The highest BCUT2D eigenvalue weighted by molar-refractivity contribution is 7.89. The smallest absolute Gasteiger partial charge is 0.256 e. The molecule has 0 saturated carbocycles. The lowest BCUT2D eigenvalue weighted by Gasteiger charge is -2.06. The van der Waals surface area contributed by atoms with Crippen molar-refractivity contribution in [2.75, 3.05) is 0 Å². The van der Waals surface area contributed by atoms with Gasteiger partial charge in [0, 0.05) is 13.6 Å². The van der Waals surface area contributed by atoms with Crippen LogP contribution in [0, 0.1) is 0 Å². The van der Waals surface area contributed by atoms with Crippen LogP contribution in [0.5, 0.6) is 0 Å². The molecule has 0 amide bonds. The van der Waals surface area contributed by atoms with Gasteiger partial charge in [-0.2, -0.15) is 5.10 Å². The highest BCUT2D eigenvalue weighted by Gasteiger charge is 2.17. The van der Waals surface area contributed by atoms with E-state index >= 15 is 0 Å². The summed E-state index contributed by atoms with van der Waals surface area (Å²) < 4.78 is 27.7. The molecule has 0 saturated heterocycles. The van der Waals surface area contributed by atoms with Crippen molar-refractivity contribution in [3.05, 3.63) is 48.2 Å². The second kappa shape index (κ2) is 4.68. The van der Waals surface area contributed by atoms with Gasteiger partial charge in [0.25, 0.3) is 10.0 Å². The monoisotopic (exact) mass is 251 g/mol. The first-order valence-corrected chi connectivity index (χ1v) is 6.59. The van der Waals surface area contributed by atoms with Crippen molar-refractivity contribution in [3.8, 4) is 0 Å². The molecule has 1 heterocycles. The summed E-state index contributed by atoms with van der Waals surface area (Å²) in [5.41, 5.74) is 0.915. The minimum atomic E-state index is -3.50. The number of hydrogen-bond donors (Lipinski definition) is 1. The molecule has 0 radical (unpaired) electrons. The molecule has 2 rings (SSSR count). The van der Waals surface area contributed by atoms with Gasteiger partial charge in [-0.05, 0) is 11.6 Å². The van der Waals surface area contributed by atoms with E-state index in [4.69, 9.17) is 0 Å². The summed E-state index contributed by atoms with van der Waals surface area (Å²) in [5, 5.41) is 4.00. The van der Waals surface area contributed by atoms with E-state index in [1.165, 1.54) is 16.9 Å². The van der Waals surface area contributed by atoms with E-state index in [2.05, 4.69) is 9.82 Å². The van der Waals surface area contributed by atoms with Gasteiger partial charge in [0.15, 0.2) is 5.03 Å². The number of benzene rings is 1. The topological polar surface area (TPSA) is 64.0 Å². The second-order valence-corrected chi connectivity index (χ2v) is 5.32. The number of sulfonamides is 1. The van der Waals surface area contributed by atoms with Crippen molar-refractivity contribution in [2.45, 2.75) is 11.6 Å². The molecule has 1 N–H and O–H groups in total. The maximum Gasteiger partial charge on any atom is 0.258 e. The Bertz CT molecular complexity index is 590. The molecule has 2 aromatic rings. The van der Waals surface area contributed by atoms with Crippen LogP contribution in [0.25, 0.3) is 0 Å². The maximum atomic E-state index is 11.9. The average Bonchev–Trinajstić information content (AvgIpc) is 2.75. The Morgan fingerprint density at radius 3 is 2.53 bits per heavy atom. The van der Waals surface area contributed by atoms with Crippen LogP contribution in [0.3, 0.4) is 0 Å². The summed E-state index contributed by atoms with van der Waals surface area (Å²) in [6.45, 7) is 0.272. The molecule has 0 fully saturated rings. The van der Waals surface area contributed by atoms with Gasteiger partial charge < -0.3 is 0 Å². The van der Waals surface area contributed by atoms with Crippen molar-refractivity contribution in [3.63, 3.8) is 0 Å². The lowest BCUT2D eigenvalue weighted by atomic mass is 10.2. The number of aromatic nitrogens is 2. The van der Waals surface area contributed by atoms with Gasteiger partial charge in [0.2, 0.25) is 0 Å². The molecule has 0 aliphatic carbocycles. The minimum absolute atomic E-state index is 0.161. The number of rotatable bonds is 4. The zero-order valence-corrected chi connectivity index (χ0v) is 10.2. The first-order valence-electron chi connectivity index (χ1n) is 5.11. The third kappa shape index (κ3) is 2.72. The maximum absolute atomic E-state index is 11.9. The van der Waals surface area contributed by atoms with Gasteiger partial charge in [-0.1, -0.05) is 30.3 Å². The molecule has 0 aliphatic rings. The van der Waals surface area contributed by atoms with E-state index in [1.807, 2.05) is 30.3 Å². The van der Waals surface area contributed by atoms with Crippen LogP contribution in [0.1, 0.15) is 5.56 Å². The zero-order valence-electron chi connectivity index (χ0n) is 9.37. The van der Waals surface area contributed by atoms with Crippen LogP contribution in [0.2, 0.25) is 0 Å². The number of hydrogen-bond acceptors (Lipinski definition) is 3. The number of nitrogens with zero attached hydrogens (tertiary/aromatic N) is 2. The third-order valence-electron chi connectivity index (χ3n) is 2.36. The van der Waals surface area contributed by atoms with E-state index in [0.29, 0.717) is 0 Å². The van der Waals surface area contributed by atoms with Crippen LogP contribution in [0.15, 0.2) is 47.6 Å². The highest BCUT2D eigenvalue weighted by atomic mass is 32.2. The Hall–Kier alpha value is -1.66. The average molecular weight is 251 g/mol.